The number of hydrogen-bond donors (Lipinski definition) is 0. The summed E-state index contributed by atoms with van der Waals surface area (Å²) in [4.78, 5) is 26.7. The minimum atomic E-state index is 0.0609. The minimum absolute atomic E-state index is 0.0609. The number of benzene rings is 3. The molecule has 0 saturated carbocycles. The highest BCUT2D eigenvalue weighted by Crippen LogP contribution is 2.32. The summed E-state index contributed by atoms with van der Waals surface area (Å²) in [6, 6.07) is 20.9. The molecule has 1 aliphatic heterocycles. The molecule has 0 bridgehead atoms. The van der Waals surface area contributed by atoms with Crippen molar-refractivity contribution in [2.45, 2.75) is 6.92 Å². The largest absolute Gasteiger partial charge is 0.352 e. The highest BCUT2D eigenvalue weighted by atomic mass is 35.5. The van der Waals surface area contributed by atoms with Crippen LogP contribution in [0, 0.1) is 6.92 Å². The Labute approximate surface area is 202 Å². The minimum Gasteiger partial charge on any atom is -0.352 e. The smallest absolute Gasteiger partial charge is 0.253 e. The lowest BCUT2D eigenvalue weighted by atomic mass is 10.1. The van der Waals surface area contributed by atoms with E-state index in [2.05, 4.69) is 4.90 Å². The van der Waals surface area contributed by atoms with Gasteiger partial charge in [-0.15, -0.1) is 0 Å². The molecule has 5 nitrogen and oxygen atoms in total. The van der Waals surface area contributed by atoms with E-state index in [-0.39, 0.29) is 5.91 Å². The first kappa shape index (κ1) is 21.7. The van der Waals surface area contributed by atoms with Crippen molar-refractivity contribution < 1.29 is 4.79 Å². The van der Waals surface area contributed by atoms with Gasteiger partial charge in [-0.2, -0.15) is 0 Å². The second kappa shape index (κ2) is 9.00. The van der Waals surface area contributed by atoms with Crippen LogP contribution in [0.5, 0.6) is 0 Å². The van der Waals surface area contributed by atoms with E-state index in [1.165, 1.54) is 0 Å². The van der Waals surface area contributed by atoms with E-state index in [0.29, 0.717) is 42.0 Å². The number of halogens is 2. The molecule has 1 aromatic heterocycles. The second-order valence-corrected chi connectivity index (χ2v) is 9.00. The van der Waals surface area contributed by atoms with E-state index in [4.69, 9.17) is 33.2 Å². The Morgan fingerprint density at radius 3 is 2.33 bits per heavy atom. The van der Waals surface area contributed by atoms with Gasteiger partial charge in [0, 0.05) is 47.7 Å². The van der Waals surface area contributed by atoms with Gasteiger partial charge in [-0.3, -0.25) is 4.79 Å². The summed E-state index contributed by atoms with van der Waals surface area (Å²) in [5.74, 6) is 1.45. The van der Waals surface area contributed by atoms with Crippen molar-refractivity contribution in [1.82, 2.24) is 14.9 Å². The Bertz CT molecular complexity index is 1330. The van der Waals surface area contributed by atoms with Crippen LogP contribution < -0.4 is 4.90 Å². The molecule has 0 spiro atoms. The van der Waals surface area contributed by atoms with Crippen LogP contribution in [0.2, 0.25) is 10.0 Å². The summed E-state index contributed by atoms with van der Waals surface area (Å²) in [5, 5.41) is 2.14. The van der Waals surface area contributed by atoms with Crippen LogP contribution in [0.4, 0.5) is 5.82 Å². The van der Waals surface area contributed by atoms with Crippen molar-refractivity contribution in [3.05, 3.63) is 87.9 Å². The fourth-order valence-corrected chi connectivity index (χ4v) is 4.48. The molecule has 3 aromatic carbocycles. The van der Waals surface area contributed by atoms with E-state index in [1.54, 1.807) is 0 Å². The van der Waals surface area contributed by atoms with Crippen LogP contribution in [0.15, 0.2) is 66.7 Å². The lowest BCUT2D eigenvalue weighted by Crippen LogP contribution is -2.49. The third-order valence-electron chi connectivity index (χ3n) is 5.92. The number of carbonyl (C=O) groups is 1. The Hall–Kier alpha value is -3.15. The number of aromatic nitrogens is 2. The van der Waals surface area contributed by atoms with Gasteiger partial charge in [0.1, 0.15) is 5.82 Å². The fourth-order valence-electron chi connectivity index (χ4n) is 4.09. The third-order valence-corrected chi connectivity index (χ3v) is 6.48. The summed E-state index contributed by atoms with van der Waals surface area (Å²) in [6.07, 6.45) is 0. The standard InChI is InChI=1S/C26H22Cl2N4O/c1-17-6-8-18(9-7-17)26(33)32-14-12-31(13-15-32)25-21-11-10-19(27)16-23(21)29-24(30-25)20-4-2-3-5-22(20)28/h2-11,16H,12-15H2,1H3. The first-order valence-corrected chi connectivity index (χ1v) is 11.6. The third kappa shape index (κ3) is 4.39. The summed E-state index contributed by atoms with van der Waals surface area (Å²) in [7, 11) is 0. The van der Waals surface area contributed by atoms with E-state index in [1.807, 2.05) is 78.6 Å². The van der Waals surface area contributed by atoms with E-state index < -0.39 is 0 Å². The molecular weight excluding hydrogens is 455 g/mol. The molecule has 7 heteroatoms. The number of anilines is 1. The molecule has 0 unspecified atom stereocenters. The summed E-state index contributed by atoms with van der Waals surface area (Å²) in [5.41, 5.74) is 3.40. The Morgan fingerprint density at radius 2 is 1.61 bits per heavy atom. The number of carbonyl (C=O) groups excluding carboxylic acids is 1. The van der Waals surface area contributed by atoms with Gasteiger partial charge >= 0.3 is 0 Å². The molecule has 1 aliphatic rings. The molecule has 1 amide bonds. The van der Waals surface area contributed by atoms with Crippen molar-refractivity contribution in [3.8, 4) is 11.4 Å². The molecule has 4 aromatic rings. The molecule has 33 heavy (non-hydrogen) atoms. The van der Waals surface area contributed by atoms with Gasteiger partial charge in [-0.05, 0) is 49.4 Å². The molecule has 0 radical (unpaired) electrons. The zero-order chi connectivity index (χ0) is 22.9. The van der Waals surface area contributed by atoms with Crippen molar-refractivity contribution in [2.24, 2.45) is 0 Å². The predicted molar refractivity (Wildman–Crippen MR) is 134 cm³/mol. The average Bonchev–Trinajstić information content (AvgIpc) is 2.83. The lowest BCUT2D eigenvalue weighted by molar-refractivity contribution is 0.0746. The second-order valence-electron chi connectivity index (χ2n) is 8.16. The first-order chi connectivity index (χ1) is 16.0. The first-order valence-electron chi connectivity index (χ1n) is 10.8. The Morgan fingerprint density at radius 1 is 0.879 bits per heavy atom. The monoisotopic (exact) mass is 476 g/mol. The van der Waals surface area contributed by atoms with Crippen molar-refractivity contribution >= 4 is 45.8 Å². The number of piperazine rings is 1. The van der Waals surface area contributed by atoms with E-state index in [9.17, 15) is 4.79 Å². The molecule has 0 aliphatic carbocycles. The lowest BCUT2D eigenvalue weighted by Gasteiger charge is -2.36. The van der Waals surface area contributed by atoms with E-state index >= 15 is 0 Å². The van der Waals surface area contributed by atoms with Crippen LogP contribution in [0.1, 0.15) is 15.9 Å². The number of aryl methyl sites for hydroxylation is 1. The molecule has 166 valence electrons. The average molecular weight is 477 g/mol. The van der Waals surface area contributed by atoms with Gasteiger partial charge < -0.3 is 9.80 Å². The number of hydrogen-bond acceptors (Lipinski definition) is 4. The van der Waals surface area contributed by atoms with Crippen LogP contribution >= 0.6 is 23.2 Å². The normalized spacial score (nSPS) is 14.0. The van der Waals surface area contributed by atoms with Crippen molar-refractivity contribution in [3.63, 3.8) is 0 Å². The maximum Gasteiger partial charge on any atom is 0.253 e. The Balaban J connectivity index is 1.45. The maximum atomic E-state index is 12.9. The zero-order valence-corrected chi connectivity index (χ0v) is 19.6. The molecule has 1 saturated heterocycles. The number of nitrogens with zero attached hydrogens (tertiary/aromatic N) is 4. The van der Waals surface area contributed by atoms with Crippen LogP contribution in [0.25, 0.3) is 22.3 Å². The number of amides is 1. The predicted octanol–water partition coefficient (Wildman–Crippen LogP) is 5.87. The van der Waals surface area contributed by atoms with Gasteiger partial charge in [-0.1, -0.05) is 53.0 Å². The van der Waals surface area contributed by atoms with Gasteiger partial charge in [0.2, 0.25) is 0 Å². The number of rotatable bonds is 3. The van der Waals surface area contributed by atoms with Gasteiger partial charge in [-0.25, -0.2) is 9.97 Å². The Kier molecular flexibility index (Phi) is 5.92. The molecular formula is C26H22Cl2N4O. The van der Waals surface area contributed by atoms with Crippen LogP contribution in [-0.4, -0.2) is 47.0 Å². The SMILES string of the molecule is Cc1ccc(C(=O)N2CCN(c3nc(-c4ccccc4Cl)nc4cc(Cl)ccc34)CC2)cc1. The molecule has 5 rings (SSSR count). The van der Waals surface area contributed by atoms with Gasteiger partial charge in [0.15, 0.2) is 5.82 Å². The molecule has 0 atom stereocenters. The summed E-state index contributed by atoms with van der Waals surface area (Å²) < 4.78 is 0. The van der Waals surface area contributed by atoms with Crippen molar-refractivity contribution in [2.75, 3.05) is 31.1 Å². The summed E-state index contributed by atoms with van der Waals surface area (Å²) in [6.45, 7) is 4.60. The maximum absolute atomic E-state index is 12.9. The highest BCUT2D eigenvalue weighted by Gasteiger charge is 2.25. The van der Waals surface area contributed by atoms with Crippen molar-refractivity contribution in [1.29, 1.82) is 0 Å². The molecule has 0 N–H and O–H groups in total. The van der Waals surface area contributed by atoms with Gasteiger partial charge in [0.25, 0.3) is 5.91 Å². The van der Waals surface area contributed by atoms with E-state index in [0.717, 1.165) is 33.4 Å². The van der Waals surface area contributed by atoms with Crippen LogP contribution in [-0.2, 0) is 0 Å². The zero-order valence-electron chi connectivity index (χ0n) is 18.1. The topological polar surface area (TPSA) is 49.3 Å². The van der Waals surface area contributed by atoms with Gasteiger partial charge in [0.05, 0.1) is 10.5 Å². The highest BCUT2D eigenvalue weighted by molar-refractivity contribution is 6.33. The molecule has 2 heterocycles. The molecule has 1 fully saturated rings. The number of fused-ring (bicyclic) bond motifs is 1. The quantitative estimate of drug-likeness (QED) is 0.370. The van der Waals surface area contributed by atoms with Crippen LogP contribution in [0.3, 0.4) is 0 Å². The summed E-state index contributed by atoms with van der Waals surface area (Å²) >= 11 is 12.7. The fraction of sp³-hybridized carbons (Fsp3) is 0.192.